The Balaban J connectivity index is 2.11. The monoisotopic (exact) mass is 266 g/mol. The van der Waals surface area contributed by atoms with Crippen LogP contribution >= 0.6 is 0 Å². The van der Waals surface area contributed by atoms with Crippen LogP contribution in [0.25, 0.3) is 6.08 Å². The van der Waals surface area contributed by atoms with Crippen LogP contribution in [-0.4, -0.2) is 11.1 Å². The number of carboxylic acid groups (broad SMARTS) is 1. The van der Waals surface area contributed by atoms with Gasteiger partial charge < -0.3 is 5.11 Å². The average Bonchev–Trinajstić information content (AvgIpc) is 2.47. The third-order valence-electron chi connectivity index (χ3n) is 2.65. The Kier molecular flexibility index (Phi) is 4.39. The van der Waals surface area contributed by atoms with E-state index >= 15 is 0 Å². The zero-order chi connectivity index (χ0) is 14.4. The molecule has 2 rings (SSSR count). The van der Waals surface area contributed by atoms with Crippen LogP contribution in [0.4, 0.5) is 11.4 Å². The Labute approximate surface area is 117 Å². The first-order chi connectivity index (χ1) is 9.65. The Morgan fingerprint density at radius 1 is 0.950 bits per heavy atom. The van der Waals surface area contributed by atoms with Crippen LogP contribution in [0.5, 0.6) is 0 Å². The lowest BCUT2D eigenvalue weighted by Gasteiger charge is -1.97. The molecule has 0 aliphatic heterocycles. The van der Waals surface area contributed by atoms with E-state index in [0.29, 0.717) is 5.57 Å². The molecule has 0 aliphatic rings. The molecule has 0 aliphatic carbocycles. The van der Waals surface area contributed by atoms with E-state index < -0.39 is 5.97 Å². The number of carbonyl (C=O) groups is 1. The molecule has 0 aromatic heterocycles. The number of azo groups is 1. The predicted octanol–water partition coefficient (Wildman–Crippen LogP) is 4.59. The van der Waals surface area contributed by atoms with E-state index in [2.05, 4.69) is 10.2 Å². The van der Waals surface area contributed by atoms with Gasteiger partial charge in [-0.1, -0.05) is 30.3 Å². The molecule has 0 fully saturated rings. The number of rotatable bonds is 4. The summed E-state index contributed by atoms with van der Waals surface area (Å²) >= 11 is 0. The van der Waals surface area contributed by atoms with Crippen LogP contribution in [0.1, 0.15) is 12.5 Å². The quantitative estimate of drug-likeness (QED) is 0.649. The normalized spacial score (nSPS) is 11.8. The molecule has 20 heavy (non-hydrogen) atoms. The van der Waals surface area contributed by atoms with Gasteiger partial charge in [0, 0.05) is 5.57 Å². The first-order valence-electron chi connectivity index (χ1n) is 6.13. The molecule has 0 saturated carbocycles. The van der Waals surface area contributed by atoms with E-state index in [1.807, 2.05) is 42.5 Å². The highest BCUT2D eigenvalue weighted by Gasteiger charge is 1.99. The maximum atomic E-state index is 10.7. The van der Waals surface area contributed by atoms with Crippen molar-refractivity contribution in [2.24, 2.45) is 10.2 Å². The Bertz CT molecular complexity index is 644. The number of carboxylic acids is 1. The van der Waals surface area contributed by atoms with Gasteiger partial charge in [-0.25, -0.2) is 4.79 Å². The van der Waals surface area contributed by atoms with E-state index in [0.717, 1.165) is 16.9 Å². The Morgan fingerprint density at radius 3 is 2.05 bits per heavy atom. The molecule has 0 unspecified atom stereocenters. The Morgan fingerprint density at radius 2 is 1.50 bits per heavy atom. The van der Waals surface area contributed by atoms with E-state index in [-0.39, 0.29) is 0 Å². The fourth-order valence-corrected chi connectivity index (χ4v) is 1.56. The Hall–Kier alpha value is -2.75. The van der Waals surface area contributed by atoms with Crippen molar-refractivity contribution in [1.82, 2.24) is 0 Å². The molecule has 4 nitrogen and oxygen atoms in total. The molecule has 0 bridgehead atoms. The minimum Gasteiger partial charge on any atom is -0.478 e. The summed E-state index contributed by atoms with van der Waals surface area (Å²) in [6.07, 6.45) is 1.61. The SMILES string of the molecule is CC(=Cc1ccc(/N=N/c2ccccc2)cc1)C(=O)O. The van der Waals surface area contributed by atoms with Gasteiger partial charge >= 0.3 is 5.97 Å². The average molecular weight is 266 g/mol. The first-order valence-corrected chi connectivity index (χ1v) is 6.13. The third-order valence-corrected chi connectivity index (χ3v) is 2.65. The minimum absolute atomic E-state index is 0.295. The van der Waals surface area contributed by atoms with Gasteiger partial charge in [-0.15, -0.1) is 0 Å². The van der Waals surface area contributed by atoms with Gasteiger partial charge in [-0.3, -0.25) is 0 Å². The maximum Gasteiger partial charge on any atom is 0.331 e. The van der Waals surface area contributed by atoms with Crippen molar-refractivity contribution in [2.75, 3.05) is 0 Å². The van der Waals surface area contributed by atoms with Gasteiger partial charge in [-0.05, 0) is 42.8 Å². The molecular weight excluding hydrogens is 252 g/mol. The number of hydrogen-bond acceptors (Lipinski definition) is 3. The zero-order valence-corrected chi connectivity index (χ0v) is 11.0. The van der Waals surface area contributed by atoms with Crippen molar-refractivity contribution in [3.8, 4) is 0 Å². The van der Waals surface area contributed by atoms with Crippen molar-refractivity contribution in [3.63, 3.8) is 0 Å². The van der Waals surface area contributed by atoms with Crippen LogP contribution in [0.3, 0.4) is 0 Å². The summed E-state index contributed by atoms with van der Waals surface area (Å²) in [6.45, 7) is 1.56. The number of hydrogen-bond donors (Lipinski definition) is 1. The van der Waals surface area contributed by atoms with Crippen LogP contribution in [-0.2, 0) is 4.79 Å². The second-order valence-corrected chi connectivity index (χ2v) is 4.26. The van der Waals surface area contributed by atoms with E-state index in [9.17, 15) is 4.79 Å². The molecular formula is C16H14N2O2. The first kappa shape index (κ1) is 13.7. The molecule has 0 atom stereocenters. The second kappa shape index (κ2) is 6.43. The third kappa shape index (κ3) is 3.88. The molecule has 2 aromatic rings. The minimum atomic E-state index is -0.919. The van der Waals surface area contributed by atoms with Gasteiger partial charge in [0.25, 0.3) is 0 Å². The fourth-order valence-electron chi connectivity index (χ4n) is 1.56. The molecule has 0 amide bonds. The van der Waals surface area contributed by atoms with Crippen LogP contribution in [0.2, 0.25) is 0 Å². The molecule has 2 aromatic carbocycles. The van der Waals surface area contributed by atoms with Crippen molar-refractivity contribution in [2.45, 2.75) is 6.92 Å². The highest BCUT2D eigenvalue weighted by molar-refractivity contribution is 5.91. The molecule has 4 heteroatoms. The van der Waals surface area contributed by atoms with E-state index in [1.54, 1.807) is 25.1 Å². The van der Waals surface area contributed by atoms with Gasteiger partial charge in [0.05, 0.1) is 11.4 Å². The summed E-state index contributed by atoms with van der Waals surface area (Å²) in [5.74, 6) is -0.919. The molecule has 0 saturated heterocycles. The second-order valence-electron chi connectivity index (χ2n) is 4.26. The smallest absolute Gasteiger partial charge is 0.331 e. The van der Waals surface area contributed by atoms with Crippen LogP contribution in [0, 0.1) is 0 Å². The van der Waals surface area contributed by atoms with Crippen LogP contribution in [0.15, 0.2) is 70.4 Å². The summed E-state index contributed by atoms with van der Waals surface area (Å²) in [4.78, 5) is 10.7. The number of nitrogens with zero attached hydrogens (tertiary/aromatic N) is 2. The number of benzene rings is 2. The van der Waals surface area contributed by atoms with Crippen LogP contribution < -0.4 is 0 Å². The van der Waals surface area contributed by atoms with Crippen molar-refractivity contribution in [1.29, 1.82) is 0 Å². The highest BCUT2D eigenvalue weighted by Crippen LogP contribution is 2.19. The maximum absolute atomic E-state index is 10.7. The van der Waals surface area contributed by atoms with E-state index in [4.69, 9.17) is 5.11 Å². The van der Waals surface area contributed by atoms with Gasteiger partial charge in [0.2, 0.25) is 0 Å². The lowest BCUT2D eigenvalue weighted by atomic mass is 10.1. The summed E-state index contributed by atoms with van der Waals surface area (Å²) in [5.41, 5.74) is 2.63. The molecule has 0 heterocycles. The largest absolute Gasteiger partial charge is 0.478 e. The predicted molar refractivity (Wildman–Crippen MR) is 78.3 cm³/mol. The van der Waals surface area contributed by atoms with Crippen molar-refractivity contribution < 1.29 is 9.90 Å². The summed E-state index contributed by atoms with van der Waals surface area (Å²) in [7, 11) is 0. The fraction of sp³-hybridized carbons (Fsp3) is 0.0625. The molecule has 1 N–H and O–H groups in total. The van der Waals surface area contributed by atoms with E-state index in [1.165, 1.54) is 0 Å². The number of aliphatic carboxylic acids is 1. The molecule has 0 radical (unpaired) electrons. The van der Waals surface area contributed by atoms with Crippen molar-refractivity contribution >= 4 is 23.4 Å². The summed E-state index contributed by atoms with van der Waals surface area (Å²) in [5, 5.41) is 17.0. The van der Waals surface area contributed by atoms with Gasteiger partial charge in [0.15, 0.2) is 0 Å². The topological polar surface area (TPSA) is 62.0 Å². The standard InChI is InChI=1S/C16H14N2O2/c1-12(16(19)20)11-13-7-9-15(10-8-13)18-17-14-5-3-2-4-6-14/h2-11H,1H3,(H,19,20)/b12-11?,18-17+. The lowest BCUT2D eigenvalue weighted by molar-refractivity contribution is -0.132. The van der Waals surface area contributed by atoms with Crippen molar-refractivity contribution in [3.05, 3.63) is 65.7 Å². The van der Waals surface area contributed by atoms with Gasteiger partial charge in [0.1, 0.15) is 0 Å². The lowest BCUT2D eigenvalue weighted by Crippen LogP contribution is -1.95. The summed E-state index contributed by atoms with van der Waals surface area (Å²) in [6, 6.07) is 16.7. The summed E-state index contributed by atoms with van der Waals surface area (Å²) < 4.78 is 0. The van der Waals surface area contributed by atoms with Gasteiger partial charge in [-0.2, -0.15) is 10.2 Å². The zero-order valence-electron chi connectivity index (χ0n) is 11.0. The molecule has 0 spiro atoms. The molecule has 100 valence electrons. The highest BCUT2D eigenvalue weighted by atomic mass is 16.4.